The number of carbonyl (C=O) groups excluding carboxylic acids is 1. The summed E-state index contributed by atoms with van der Waals surface area (Å²) in [5.41, 5.74) is 4.26. The summed E-state index contributed by atoms with van der Waals surface area (Å²) in [4.78, 5) is 35.5. The average molecular weight is 460 g/mol. The van der Waals surface area contributed by atoms with Gasteiger partial charge in [-0.3, -0.25) is 14.7 Å². The Bertz CT molecular complexity index is 1350. The molecule has 0 unspecified atom stereocenters. The summed E-state index contributed by atoms with van der Waals surface area (Å²) < 4.78 is 1.52. The number of aromatic nitrogens is 5. The number of carboxylic acids is 1. The fraction of sp³-hybridized carbons (Fsp3) is 0.292. The number of H-pyrrole nitrogens is 1. The van der Waals surface area contributed by atoms with Gasteiger partial charge in [-0.2, -0.15) is 0 Å². The summed E-state index contributed by atoms with van der Waals surface area (Å²) in [5, 5.41) is 18.5. The van der Waals surface area contributed by atoms with Gasteiger partial charge in [0.05, 0.1) is 29.3 Å². The number of nitrogens with one attached hydrogen (secondary N) is 1. The molecular weight excluding hydrogens is 434 g/mol. The van der Waals surface area contributed by atoms with E-state index in [4.69, 9.17) is 5.11 Å². The first-order chi connectivity index (χ1) is 16.5. The zero-order valence-corrected chi connectivity index (χ0v) is 18.8. The van der Waals surface area contributed by atoms with Gasteiger partial charge in [0.25, 0.3) is 5.91 Å². The van der Waals surface area contributed by atoms with E-state index in [0.717, 1.165) is 36.1 Å². The highest BCUT2D eigenvalue weighted by Crippen LogP contribution is 2.19. The van der Waals surface area contributed by atoms with Gasteiger partial charge < -0.3 is 15.0 Å². The molecular formula is C24H25N7O3. The number of piperazine rings is 1. The summed E-state index contributed by atoms with van der Waals surface area (Å²) >= 11 is 0. The molecule has 1 saturated heterocycles. The molecule has 0 bridgehead atoms. The number of nitrogens with zero attached hydrogens (tertiary/aromatic N) is 6. The van der Waals surface area contributed by atoms with E-state index in [-0.39, 0.29) is 11.5 Å². The number of aromatic amines is 1. The maximum absolute atomic E-state index is 13.0. The topological polar surface area (TPSA) is 120 Å². The maximum Gasteiger partial charge on any atom is 0.337 e. The molecule has 0 radical (unpaired) electrons. The van der Waals surface area contributed by atoms with Gasteiger partial charge in [-0.05, 0) is 30.2 Å². The monoisotopic (exact) mass is 459 g/mol. The number of benzene rings is 1. The molecule has 0 saturated carbocycles. The molecule has 0 spiro atoms. The molecule has 0 aliphatic carbocycles. The van der Waals surface area contributed by atoms with E-state index in [9.17, 15) is 9.59 Å². The van der Waals surface area contributed by atoms with E-state index < -0.39 is 5.97 Å². The van der Waals surface area contributed by atoms with Crippen LogP contribution in [0.3, 0.4) is 0 Å². The van der Waals surface area contributed by atoms with Crippen LogP contribution in [-0.4, -0.2) is 77.9 Å². The number of aromatic carboxylic acids is 1. The molecule has 34 heavy (non-hydrogen) atoms. The lowest BCUT2D eigenvalue weighted by atomic mass is 10.1. The number of carbonyl (C=O) groups is 2. The van der Waals surface area contributed by atoms with Crippen LogP contribution in [0.4, 0.5) is 0 Å². The maximum atomic E-state index is 13.0. The highest BCUT2D eigenvalue weighted by molar-refractivity contribution is 5.98. The Balaban J connectivity index is 1.19. The molecule has 10 nitrogen and oxygen atoms in total. The minimum atomic E-state index is -1.04. The standard InChI is InChI=1S/C24H25N7O3/c1-2-16-3-4-17-11-22(26-21(17)9-16)23(32)30-7-5-29(6-8-30)14-19-15-31(28-27-19)20-10-18(24(33)34)12-25-13-20/h3-4,9-13,15,26H,2,5-8,14H2,1H3,(H,33,34). The molecule has 0 atom stereocenters. The number of aryl methyl sites for hydroxylation is 1. The Morgan fingerprint density at radius 2 is 1.91 bits per heavy atom. The summed E-state index contributed by atoms with van der Waals surface area (Å²) in [6.45, 7) is 5.44. The number of rotatable bonds is 6. The Kier molecular flexibility index (Phi) is 5.81. The van der Waals surface area contributed by atoms with Crippen LogP contribution >= 0.6 is 0 Å². The second-order valence-corrected chi connectivity index (χ2v) is 8.42. The molecule has 1 fully saturated rings. The minimum absolute atomic E-state index is 0.0191. The van der Waals surface area contributed by atoms with Gasteiger partial charge in [0, 0.05) is 49.8 Å². The van der Waals surface area contributed by atoms with Gasteiger partial charge in [-0.1, -0.05) is 24.3 Å². The van der Waals surface area contributed by atoms with E-state index in [1.807, 2.05) is 11.0 Å². The Morgan fingerprint density at radius 3 is 2.68 bits per heavy atom. The van der Waals surface area contributed by atoms with Gasteiger partial charge in [-0.25, -0.2) is 9.48 Å². The molecule has 3 aromatic heterocycles. The number of pyridine rings is 1. The Labute approximate surface area is 195 Å². The molecule has 1 aliphatic heterocycles. The first-order valence-corrected chi connectivity index (χ1v) is 11.2. The molecule has 10 heteroatoms. The highest BCUT2D eigenvalue weighted by Gasteiger charge is 2.24. The van der Waals surface area contributed by atoms with Crippen LogP contribution in [0.1, 0.15) is 39.0 Å². The summed E-state index contributed by atoms with van der Waals surface area (Å²) in [5.74, 6) is -1.02. The Morgan fingerprint density at radius 1 is 1.09 bits per heavy atom. The lowest BCUT2D eigenvalue weighted by Gasteiger charge is -2.34. The van der Waals surface area contributed by atoms with Crippen molar-refractivity contribution in [2.45, 2.75) is 19.9 Å². The average Bonchev–Trinajstić information content (AvgIpc) is 3.51. The van der Waals surface area contributed by atoms with Crippen LogP contribution in [0.5, 0.6) is 0 Å². The van der Waals surface area contributed by atoms with Crippen molar-refractivity contribution in [1.82, 2.24) is 34.8 Å². The first kappa shape index (κ1) is 21.8. The molecule has 2 N–H and O–H groups in total. The van der Waals surface area contributed by atoms with Crippen molar-refractivity contribution in [3.05, 3.63) is 71.4 Å². The zero-order valence-electron chi connectivity index (χ0n) is 18.8. The Hall–Kier alpha value is -4.05. The number of hydrogen-bond donors (Lipinski definition) is 2. The number of carboxylic acid groups (broad SMARTS) is 1. The lowest BCUT2D eigenvalue weighted by Crippen LogP contribution is -2.48. The molecule has 1 amide bonds. The highest BCUT2D eigenvalue weighted by atomic mass is 16.4. The van der Waals surface area contributed by atoms with Crippen LogP contribution in [0.25, 0.3) is 16.6 Å². The second-order valence-electron chi connectivity index (χ2n) is 8.42. The number of amides is 1. The van der Waals surface area contributed by atoms with Crippen LogP contribution in [0.15, 0.2) is 48.9 Å². The number of fused-ring (bicyclic) bond motifs is 1. The van der Waals surface area contributed by atoms with Crippen molar-refractivity contribution in [3.8, 4) is 5.69 Å². The van der Waals surface area contributed by atoms with Crippen molar-refractivity contribution in [2.24, 2.45) is 0 Å². The predicted octanol–water partition coefficient (Wildman–Crippen LogP) is 2.36. The molecule has 4 aromatic rings. The van der Waals surface area contributed by atoms with Crippen molar-refractivity contribution in [1.29, 1.82) is 0 Å². The third kappa shape index (κ3) is 4.40. The van der Waals surface area contributed by atoms with Crippen molar-refractivity contribution >= 4 is 22.8 Å². The van der Waals surface area contributed by atoms with E-state index in [2.05, 4.69) is 50.3 Å². The number of hydrogen-bond acceptors (Lipinski definition) is 6. The fourth-order valence-corrected chi connectivity index (χ4v) is 4.18. The third-order valence-corrected chi connectivity index (χ3v) is 6.15. The largest absolute Gasteiger partial charge is 0.478 e. The quantitative estimate of drug-likeness (QED) is 0.454. The molecule has 174 valence electrons. The van der Waals surface area contributed by atoms with Gasteiger partial charge >= 0.3 is 5.97 Å². The van der Waals surface area contributed by atoms with Crippen LogP contribution in [-0.2, 0) is 13.0 Å². The zero-order chi connectivity index (χ0) is 23.7. The lowest BCUT2D eigenvalue weighted by molar-refractivity contribution is 0.0621. The van der Waals surface area contributed by atoms with E-state index in [0.29, 0.717) is 31.0 Å². The smallest absolute Gasteiger partial charge is 0.337 e. The van der Waals surface area contributed by atoms with Crippen LogP contribution in [0.2, 0.25) is 0 Å². The van der Waals surface area contributed by atoms with E-state index >= 15 is 0 Å². The van der Waals surface area contributed by atoms with Crippen molar-refractivity contribution in [3.63, 3.8) is 0 Å². The van der Waals surface area contributed by atoms with E-state index in [1.54, 1.807) is 12.4 Å². The first-order valence-electron chi connectivity index (χ1n) is 11.2. The van der Waals surface area contributed by atoms with E-state index in [1.165, 1.54) is 22.5 Å². The minimum Gasteiger partial charge on any atom is -0.478 e. The van der Waals surface area contributed by atoms with Gasteiger partial charge in [-0.15, -0.1) is 5.10 Å². The van der Waals surface area contributed by atoms with Crippen molar-refractivity contribution in [2.75, 3.05) is 26.2 Å². The molecule has 4 heterocycles. The van der Waals surface area contributed by atoms with Crippen LogP contribution in [0, 0.1) is 0 Å². The predicted molar refractivity (Wildman–Crippen MR) is 125 cm³/mol. The van der Waals surface area contributed by atoms with Crippen LogP contribution < -0.4 is 0 Å². The van der Waals surface area contributed by atoms with Gasteiger partial charge in [0.1, 0.15) is 5.69 Å². The summed E-state index contributed by atoms with van der Waals surface area (Å²) in [6, 6.07) is 9.69. The fourth-order valence-electron chi connectivity index (χ4n) is 4.18. The molecule has 1 aromatic carbocycles. The summed E-state index contributed by atoms with van der Waals surface area (Å²) in [6.07, 6.45) is 5.57. The SMILES string of the molecule is CCc1ccc2cc(C(=O)N3CCN(Cc4cn(-c5cncc(C(=O)O)c5)nn4)CC3)[nH]c2c1. The second kappa shape index (κ2) is 9.06. The molecule has 1 aliphatic rings. The molecule has 5 rings (SSSR count). The van der Waals surface area contributed by atoms with Gasteiger partial charge in [0.2, 0.25) is 0 Å². The summed E-state index contributed by atoms with van der Waals surface area (Å²) in [7, 11) is 0. The van der Waals surface area contributed by atoms with Crippen molar-refractivity contribution < 1.29 is 14.7 Å². The van der Waals surface area contributed by atoms with Gasteiger partial charge in [0.15, 0.2) is 0 Å². The third-order valence-electron chi connectivity index (χ3n) is 6.15. The normalized spacial score (nSPS) is 14.6.